The molecular weight excluding hydrogens is 438 g/mol. The van der Waals surface area contributed by atoms with Crippen molar-refractivity contribution in [2.24, 2.45) is 0 Å². The minimum atomic E-state index is -0.419. The number of fused-ring (bicyclic) bond motifs is 1. The normalized spacial score (nSPS) is 14.7. The lowest BCUT2D eigenvalue weighted by Crippen LogP contribution is -2.47. The van der Waals surface area contributed by atoms with E-state index in [0.717, 1.165) is 31.7 Å². The third-order valence-corrected chi connectivity index (χ3v) is 6.54. The second kappa shape index (κ2) is 8.89. The van der Waals surface area contributed by atoms with Gasteiger partial charge in [0.05, 0.1) is 17.2 Å². The summed E-state index contributed by atoms with van der Waals surface area (Å²) in [4.78, 5) is 30.3. The van der Waals surface area contributed by atoms with Crippen molar-refractivity contribution in [3.05, 3.63) is 99.0 Å². The molecule has 0 N–H and O–H groups in total. The number of aryl methyl sites for hydroxylation is 1. The van der Waals surface area contributed by atoms with Crippen LogP contribution in [-0.2, 0) is 6.67 Å². The van der Waals surface area contributed by atoms with Crippen molar-refractivity contribution in [3.63, 3.8) is 0 Å². The van der Waals surface area contributed by atoms with Gasteiger partial charge in [-0.25, -0.2) is 4.79 Å². The third-order valence-electron chi connectivity index (χ3n) is 6.21. The summed E-state index contributed by atoms with van der Waals surface area (Å²) in [5.74, 6) is -0.607. The molecule has 33 heavy (non-hydrogen) atoms. The first-order valence-electron chi connectivity index (χ1n) is 11.0. The summed E-state index contributed by atoms with van der Waals surface area (Å²) < 4.78 is 7.17. The molecule has 0 bridgehead atoms. The molecule has 0 saturated carbocycles. The Hall–Kier alpha value is -3.35. The van der Waals surface area contributed by atoms with E-state index in [0.29, 0.717) is 33.9 Å². The molecule has 7 heteroatoms. The van der Waals surface area contributed by atoms with Crippen LogP contribution in [0.2, 0.25) is 5.02 Å². The molecular formula is C26H24ClN3O3. The van der Waals surface area contributed by atoms with Gasteiger partial charge in [-0.3, -0.25) is 14.3 Å². The van der Waals surface area contributed by atoms with Gasteiger partial charge in [-0.2, -0.15) is 0 Å². The summed E-state index contributed by atoms with van der Waals surface area (Å²) in [5, 5.41) is 0.399. The lowest BCUT2D eigenvalue weighted by Gasteiger charge is -2.36. The summed E-state index contributed by atoms with van der Waals surface area (Å²) in [6.07, 6.45) is 0. The van der Waals surface area contributed by atoms with Gasteiger partial charge in [0, 0.05) is 43.0 Å². The zero-order valence-electron chi connectivity index (χ0n) is 18.3. The van der Waals surface area contributed by atoms with Gasteiger partial charge in [-0.05, 0) is 48.9 Å². The molecule has 0 unspecified atom stereocenters. The average molecular weight is 462 g/mol. The number of hydrogen-bond donors (Lipinski definition) is 0. The Bertz CT molecular complexity index is 1370. The van der Waals surface area contributed by atoms with E-state index in [1.165, 1.54) is 5.69 Å². The third kappa shape index (κ3) is 4.19. The van der Waals surface area contributed by atoms with Crippen LogP contribution in [0.4, 0.5) is 5.69 Å². The molecule has 0 aliphatic carbocycles. The number of rotatable bonds is 5. The topological polar surface area (TPSA) is 58.7 Å². The van der Waals surface area contributed by atoms with Gasteiger partial charge in [0.25, 0.3) is 0 Å². The highest BCUT2D eigenvalue weighted by atomic mass is 35.5. The Balaban J connectivity index is 1.37. The van der Waals surface area contributed by atoms with Gasteiger partial charge in [0.2, 0.25) is 0 Å². The second-order valence-electron chi connectivity index (χ2n) is 8.32. The van der Waals surface area contributed by atoms with E-state index in [1.807, 2.05) is 31.2 Å². The van der Waals surface area contributed by atoms with E-state index in [4.69, 9.17) is 16.0 Å². The molecule has 1 saturated heterocycles. The fourth-order valence-electron chi connectivity index (χ4n) is 4.37. The quantitative estimate of drug-likeness (QED) is 0.407. The maximum absolute atomic E-state index is 13.1. The van der Waals surface area contributed by atoms with Crippen LogP contribution in [-0.4, -0.2) is 41.4 Å². The molecule has 1 aliphatic rings. The van der Waals surface area contributed by atoms with Crippen LogP contribution in [0.3, 0.4) is 0 Å². The molecule has 0 amide bonds. The van der Waals surface area contributed by atoms with Gasteiger partial charge in [-0.1, -0.05) is 41.9 Å². The van der Waals surface area contributed by atoms with E-state index >= 15 is 0 Å². The van der Waals surface area contributed by atoms with E-state index in [1.54, 1.807) is 34.9 Å². The van der Waals surface area contributed by atoms with Gasteiger partial charge in [0.1, 0.15) is 0 Å². The second-order valence-corrected chi connectivity index (χ2v) is 8.73. The maximum atomic E-state index is 13.1. The Morgan fingerprint density at radius 3 is 2.36 bits per heavy atom. The van der Waals surface area contributed by atoms with Crippen LogP contribution < -0.4 is 10.7 Å². The summed E-state index contributed by atoms with van der Waals surface area (Å²) in [6.45, 7) is 5.79. The van der Waals surface area contributed by atoms with Gasteiger partial charge < -0.3 is 9.32 Å². The molecule has 5 rings (SSSR count). The number of anilines is 1. The van der Waals surface area contributed by atoms with Crippen molar-refractivity contribution in [2.45, 2.75) is 13.6 Å². The number of benzene rings is 3. The number of aromatic nitrogens is 1. The van der Waals surface area contributed by atoms with Crippen LogP contribution >= 0.6 is 11.6 Å². The highest BCUT2D eigenvalue weighted by Crippen LogP contribution is 2.25. The summed E-state index contributed by atoms with van der Waals surface area (Å²) in [7, 11) is 0. The number of oxazole rings is 1. The molecule has 1 aromatic heterocycles. The number of ketones is 1. The number of carbonyl (C=O) groups is 1. The number of hydrogen-bond acceptors (Lipinski definition) is 5. The van der Waals surface area contributed by atoms with Crippen molar-refractivity contribution in [2.75, 3.05) is 31.1 Å². The number of piperazine rings is 1. The van der Waals surface area contributed by atoms with E-state index in [-0.39, 0.29) is 5.78 Å². The summed E-state index contributed by atoms with van der Waals surface area (Å²) >= 11 is 6.22. The van der Waals surface area contributed by atoms with Crippen molar-refractivity contribution in [3.8, 4) is 0 Å². The number of para-hydroxylation sites is 1. The Morgan fingerprint density at radius 1 is 0.939 bits per heavy atom. The molecule has 1 aliphatic heterocycles. The van der Waals surface area contributed by atoms with Crippen LogP contribution in [0, 0.1) is 6.92 Å². The van der Waals surface area contributed by atoms with Gasteiger partial charge >= 0.3 is 5.76 Å². The molecule has 6 nitrogen and oxygen atoms in total. The van der Waals surface area contributed by atoms with E-state index < -0.39 is 5.76 Å². The van der Waals surface area contributed by atoms with Crippen LogP contribution in [0.1, 0.15) is 21.5 Å². The first-order chi connectivity index (χ1) is 16.0. The number of carbonyl (C=O) groups excluding carboxylic acids is 1. The Morgan fingerprint density at radius 2 is 1.64 bits per heavy atom. The highest BCUT2D eigenvalue weighted by molar-refractivity contribution is 6.35. The standard InChI is InChI=1S/C26H24ClN3O3/c1-18-15-23-24(16-21(18)25(31)20-9-5-6-10-22(20)27)33-26(32)30(23)17-28-11-13-29(14-12-28)19-7-3-2-4-8-19/h2-10,15-16H,11-14,17H2,1H3. The lowest BCUT2D eigenvalue weighted by molar-refractivity contribution is 0.103. The van der Waals surface area contributed by atoms with E-state index in [2.05, 4.69) is 21.9 Å². The lowest BCUT2D eigenvalue weighted by atomic mass is 9.98. The van der Waals surface area contributed by atoms with Crippen LogP contribution in [0.5, 0.6) is 0 Å². The van der Waals surface area contributed by atoms with Gasteiger partial charge in [-0.15, -0.1) is 0 Å². The first kappa shape index (κ1) is 21.5. The van der Waals surface area contributed by atoms with Crippen LogP contribution in [0.25, 0.3) is 11.1 Å². The molecule has 3 aromatic carbocycles. The zero-order chi connectivity index (χ0) is 22.9. The largest absolute Gasteiger partial charge is 0.421 e. The molecule has 168 valence electrons. The maximum Gasteiger partial charge on any atom is 0.421 e. The fourth-order valence-corrected chi connectivity index (χ4v) is 4.59. The highest BCUT2D eigenvalue weighted by Gasteiger charge is 2.22. The molecule has 4 aromatic rings. The number of nitrogens with zero attached hydrogens (tertiary/aromatic N) is 3. The minimum Gasteiger partial charge on any atom is -0.408 e. The molecule has 0 spiro atoms. The predicted molar refractivity (Wildman–Crippen MR) is 130 cm³/mol. The molecule has 0 atom stereocenters. The summed E-state index contributed by atoms with van der Waals surface area (Å²) in [5.41, 5.74) is 4.00. The Kier molecular flexibility index (Phi) is 5.79. The van der Waals surface area contributed by atoms with Crippen molar-refractivity contribution in [1.82, 2.24) is 9.47 Å². The van der Waals surface area contributed by atoms with Gasteiger partial charge in [0.15, 0.2) is 11.4 Å². The smallest absolute Gasteiger partial charge is 0.408 e. The van der Waals surface area contributed by atoms with Crippen LogP contribution in [0.15, 0.2) is 75.9 Å². The first-order valence-corrected chi connectivity index (χ1v) is 11.3. The predicted octanol–water partition coefficient (Wildman–Crippen LogP) is 4.57. The molecule has 1 fully saturated rings. The Labute approximate surface area is 196 Å². The summed E-state index contributed by atoms with van der Waals surface area (Å²) in [6, 6.07) is 20.8. The fraction of sp³-hybridized carbons (Fsp3) is 0.231. The minimum absolute atomic E-state index is 0.188. The molecule has 0 radical (unpaired) electrons. The van der Waals surface area contributed by atoms with Crippen molar-refractivity contribution in [1.29, 1.82) is 0 Å². The zero-order valence-corrected chi connectivity index (χ0v) is 19.1. The monoisotopic (exact) mass is 461 g/mol. The van der Waals surface area contributed by atoms with Crippen molar-refractivity contribution >= 4 is 34.2 Å². The van der Waals surface area contributed by atoms with Crippen molar-refractivity contribution < 1.29 is 9.21 Å². The SMILES string of the molecule is Cc1cc2c(cc1C(=O)c1ccccc1Cl)oc(=O)n2CN1CCN(c2ccccc2)CC1. The average Bonchev–Trinajstić information content (AvgIpc) is 3.13. The van der Waals surface area contributed by atoms with E-state index in [9.17, 15) is 9.59 Å². The molecule has 2 heterocycles. The number of halogens is 1.